The summed E-state index contributed by atoms with van der Waals surface area (Å²) in [4.78, 5) is 23.6. The molecule has 3 nitrogen and oxygen atoms in total. The predicted molar refractivity (Wildman–Crippen MR) is 82.6 cm³/mol. The quantitative estimate of drug-likeness (QED) is 0.630. The Morgan fingerprint density at radius 3 is 2.81 bits per heavy atom. The van der Waals surface area contributed by atoms with Crippen molar-refractivity contribution >= 4 is 11.8 Å². The molecule has 0 heterocycles. The number of rotatable bonds is 4. The average molecular weight is 286 g/mol. The number of allylic oxidation sites excluding steroid dienone is 1. The monoisotopic (exact) mass is 286 g/mol. The molecule has 1 unspecified atom stereocenters. The molecule has 0 saturated heterocycles. The summed E-state index contributed by atoms with van der Waals surface area (Å²) in [6.07, 6.45) is 4.56. The van der Waals surface area contributed by atoms with Crippen molar-refractivity contribution in [2.24, 2.45) is 5.92 Å². The summed E-state index contributed by atoms with van der Waals surface area (Å²) in [7, 11) is 0. The molecule has 0 aromatic heterocycles. The lowest BCUT2D eigenvalue weighted by molar-refractivity contribution is -0.137. The van der Waals surface area contributed by atoms with Gasteiger partial charge in [0.15, 0.2) is 5.78 Å². The number of carbonyl (C=O) groups excluding carboxylic acids is 2. The van der Waals surface area contributed by atoms with Crippen LogP contribution in [0.25, 0.3) is 0 Å². The fourth-order valence-electron chi connectivity index (χ4n) is 3.10. The van der Waals surface area contributed by atoms with Gasteiger partial charge in [-0.15, -0.1) is 0 Å². The van der Waals surface area contributed by atoms with Crippen LogP contribution in [-0.2, 0) is 22.4 Å². The minimum Gasteiger partial charge on any atom is -0.462 e. The Kier molecular flexibility index (Phi) is 4.61. The van der Waals surface area contributed by atoms with Gasteiger partial charge in [-0.25, -0.2) is 4.79 Å². The Morgan fingerprint density at radius 2 is 2.14 bits per heavy atom. The summed E-state index contributed by atoms with van der Waals surface area (Å²) in [6.45, 7) is 8.17. The molecule has 1 aromatic rings. The SMILES string of the molecule is C/C=C\C(=O)OCCc1c(C)cc2c(c1C)C(=O)C(C)C2. The van der Waals surface area contributed by atoms with E-state index in [1.807, 2.05) is 13.8 Å². The third kappa shape index (κ3) is 3.07. The first-order valence-corrected chi connectivity index (χ1v) is 7.41. The van der Waals surface area contributed by atoms with Crippen molar-refractivity contribution in [2.45, 2.75) is 40.5 Å². The lowest BCUT2D eigenvalue weighted by Crippen LogP contribution is -2.10. The molecule has 112 valence electrons. The van der Waals surface area contributed by atoms with Crippen LogP contribution in [0.4, 0.5) is 0 Å². The van der Waals surface area contributed by atoms with Crippen molar-refractivity contribution < 1.29 is 14.3 Å². The van der Waals surface area contributed by atoms with E-state index in [-0.39, 0.29) is 17.7 Å². The predicted octanol–water partition coefficient (Wildman–Crippen LogP) is 3.34. The lowest BCUT2D eigenvalue weighted by atomic mass is 9.92. The molecule has 0 spiro atoms. The lowest BCUT2D eigenvalue weighted by Gasteiger charge is -2.14. The average Bonchev–Trinajstić information content (AvgIpc) is 2.69. The first-order chi connectivity index (χ1) is 9.95. The third-order valence-corrected chi connectivity index (χ3v) is 4.13. The zero-order valence-electron chi connectivity index (χ0n) is 13.2. The maximum atomic E-state index is 12.3. The fraction of sp³-hybridized carbons (Fsp3) is 0.444. The molecule has 2 rings (SSSR count). The van der Waals surface area contributed by atoms with Crippen molar-refractivity contribution in [3.05, 3.63) is 46.0 Å². The van der Waals surface area contributed by atoms with Crippen LogP contribution in [0.3, 0.4) is 0 Å². The topological polar surface area (TPSA) is 43.4 Å². The number of esters is 1. The largest absolute Gasteiger partial charge is 0.462 e. The van der Waals surface area contributed by atoms with Gasteiger partial charge in [0, 0.05) is 24.0 Å². The third-order valence-electron chi connectivity index (χ3n) is 4.13. The first-order valence-electron chi connectivity index (χ1n) is 7.41. The minimum atomic E-state index is -0.321. The number of hydrogen-bond donors (Lipinski definition) is 0. The van der Waals surface area contributed by atoms with E-state index in [9.17, 15) is 9.59 Å². The second-order valence-electron chi connectivity index (χ2n) is 5.72. The molecule has 0 saturated carbocycles. The highest BCUT2D eigenvalue weighted by Gasteiger charge is 2.30. The molecule has 3 heteroatoms. The van der Waals surface area contributed by atoms with Gasteiger partial charge in [-0.3, -0.25) is 4.79 Å². The molecular weight excluding hydrogens is 264 g/mol. The normalized spacial score (nSPS) is 17.3. The van der Waals surface area contributed by atoms with Crippen LogP contribution in [-0.4, -0.2) is 18.4 Å². The summed E-state index contributed by atoms with van der Waals surface area (Å²) in [5.41, 5.74) is 5.42. The highest BCUT2D eigenvalue weighted by molar-refractivity contribution is 6.03. The van der Waals surface area contributed by atoms with E-state index in [1.54, 1.807) is 13.0 Å². The molecule has 0 radical (unpaired) electrons. The molecule has 1 aliphatic carbocycles. The van der Waals surface area contributed by atoms with Gasteiger partial charge in [0.1, 0.15) is 0 Å². The standard InChI is InChI=1S/C18H22O3/c1-5-6-16(19)21-8-7-15-11(2)9-14-10-12(3)18(20)17(14)13(15)4/h5-6,9,12H,7-8,10H2,1-4H3/b6-5-. The molecule has 0 aliphatic heterocycles. The number of Topliss-reactive ketones (excluding diaryl/α,β-unsaturated/α-hetero) is 1. The molecule has 1 aromatic carbocycles. The fourth-order valence-corrected chi connectivity index (χ4v) is 3.10. The van der Waals surface area contributed by atoms with Gasteiger partial charge in [-0.05, 0) is 49.4 Å². The van der Waals surface area contributed by atoms with Crippen molar-refractivity contribution in [3.63, 3.8) is 0 Å². The summed E-state index contributed by atoms with van der Waals surface area (Å²) >= 11 is 0. The summed E-state index contributed by atoms with van der Waals surface area (Å²) in [6, 6.07) is 2.12. The van der Waals surface area contributed by atoms with Crippen LogP contribution in [0.1, 0.15) is 46.5 Å². The maximum Gasteiger partial charge on any atom is 0.330 e. The van der Waals surface area contributed by atoms with Gasteiger partial charge in [-0.2, -0.15) is 0 Å². The second kappa shape index (κ2) is 6.25. The molecule has 1 atom stereocenters. The van der Waals surface area contributed by atoms with Gasteiger partial charge in [0.25, 0.3) is 0 Å². The van der Waals surface area contributed by atoms with Crippen molar-refractivity contribution in [1.29, 1.82) is 0 Å². The van der Waals surface area contributed by atoms with E-state index in [4.69, 9.17) is 4.74 Å². The Balaban J connectivity index is 2.18. The number of aryl methyl sites for hydroxylation is 1. The number of fused-ring (bicyclic) bond motifs is 1. The van der Waals surface area contributed by atoms with Gasteiger partial charge >= 0.3 is 5.97 Å². The van der Waals surface area contributed by atoms with E-state index in [1.165, 1.54) is 11.6 Å². The van der Waals surface area contributed by atoms with Gasteiger partial charge in [-0.1, -0.05) is 19.1 Å². The Morgan fingerprint density at radius 1 is 1.43 bits per heavy atom. The Bertz CT molecular complexity index is 611. The minimum absolute atomic E-state index is 0.0841. The van der Waals surface area contributed by atoms with Crippen molar-refractivity contribution in [2.75, 3.05) is 6.61 Å². The number of benzene rings is 1. The molecule has 0 bridgehead atoms. The highest BCUT2D eigenvalue weighted by atomic mass is 16.5. The van der Waals surface area contributed by atoms with Gasteiger partial charge in [0.2, 0.25) is 0 Å². The van der Waals surface area contributed by atoms with Crippen molar-refractivity contribution in [3.8, 4) is 0 Å². The molecule has 0 fully saturated rings. The van der Waals surface area contributed by atoms with Crippen molar-refractivity contribution in [1.82, 2.24) is 0 Å². The highest BCUT2D eigenvalue weighted by Crippen LogP contribution is 2.32. The second-order valence-corrected chi connectivity index (χ2v) is 5.72. The number of hydrogen-bond acceptors (Lipinski definition) is 3. The van der Waals surface area contributed by atoms with Crippen LogP contribution in [0, 0.1) is 19.8 Å². The Labute approximate surface area is 126 Å². The van der Waals surface area contributed by atoms with Crippen LogP contribution in [0.15, 0.2) is 18.2 Å². The molecule has 0 N–H and O–H groups in total. The van der Waals surface area contributed by atoms with Crippen LogP contribution in [0.5, 0.6) is 0 Å². The number of carbonyl (C=O) groups is 2. The van der Waals surface area contributed by atoms with Gasteiger partial charge < -0.3 is 4.74 Å². The zero-order valence-corrected chi connectivity index (χ0v) is 13.2. The van der Waals surface area contributed by atoms with Gasteiger partial charge in [0.05, 0.1) is 6.61 Å². The first kappa shape index (κ1) is 15.5. The van der Waals surface area contributed by atoms with Crippen LogP contribution >= 0.6 is 0 Å². The molecule has 21 heavy (non-hydrogen) atoms. The van der Waals surface area contributed by atoms with Crippen LogP contribution in [0.2, 0.25) is 0 Å². The molecular formula is C18H22O3. The maximum absolute atomic E-state index is 12.3. The summed E-state index contributed by atoms with van der Waals surface area (Å²) in [5.74, 6) is 0.00851. The smallest absolute Gasteiger partial charge is 0.330 e. The van der Waals surface area contributed by atoms with E-state index < -0.39 is 0 Å². The number of ether oxygens (including phenoxy) is 1. The van der Waals surface area contributed by atoms with E-state index >= 15 is 0 Å². The Hall–Kier alpha value is -1.90. The summed E-state index contributed by atoms with van der Waals surface area (Å²) in [5, 5.41) is 0. The number of ketones is 1. The van der Waals surface area contributed by atoms with E-state index in [2.05, 4.69) is 13.0 Å². The van der Waals surface area contributed by atoms with E-state index in [0.717, 1.165) is 28.7 Å². The van der Waals surface area contributed by atoms with E-state index in [0.29, 0.717) is 13.0 Å². The molecule has 0 amide bonds. The summed E-state index contributed by atoms with van der Waals surface area (Å²) < 4.78 is 5.15. The zero-order chi connectivity index (χ0) is 15.6. The van der Waals surface area contributed by atoms with Crippen LogP contribution < -0.4 is 0 Å². The molecule has 1 aliphatic rings.